The van der Waals surface area contributed by atoms with Crippen LogP contribution in [0.3, 0.4) is 0 Å². The molecule has 0 aromatic heterocycles. The summed E-state index contributed by atoms with van der Waals surface area (Å²) >= 11 is 0. The predicted molar refractivity (Wildman–Crippen MR) is 117 cm³/mol. The number of rotatable bonds is 7. The molecule has 154 valence electrons. The zero-order valence-corrected chi connectivity index (χ0v) is 19.2. The highest BCUT2D eigenvalue weighted by Crippen LogP contribution is 2.44. The first-order valence-electron chi connectivity index (χ1n) is 11.9. The van der Waals surface area contributed by atoms with E-state index < -0.39 is 0 Å². The van der Waals surface area contributed by atoms with Gasteiger partial charge in [0, 0.05) is 12.1 Å². The standard InChI is InChI=1S/C25H49N/c1-8-22-20-13-12-17-25(5,6)18-15-21(19-20)26(7)23(22)14-10-11-16-24(3,4)9-2/h20-23H,8-19H2,1-7H3/t20?,21?,22-,23?/m1/s1. The van der Waals surface area contributed by atoms with Crippen molar-refractivity contribution in [3.8, 4) is 0 Å². The fourth-order valence-corrected chi connectivity index (χ4v) is 5.91. The topological polar surface area (TPSA) is 3.24 Å². The van der Waals surface area contributed by atoms with Crippen LogP contribution in [-0.4, -0.2) is 24.0 Å². The number of fused-ring (bicyclic) bond motifs is 2. The monoisotopic (exact) mass is 363 g/mol. The molecule has 0 amide bonds. The predicted octanol–water partition coefficient (Wildman–Crippen LogP) is 7.69. The first kappa shape index (κ1) is 22.3. The van der Waals surface area contributed by atoms with E-state index in [9.17, 15) is 0 Å². The molecule has 3 unspecified atom stereocenters. The van der Waals surface area contributed by atoms with Crippen LogP contribution in [0.15, 0.2) is 0 Å². The van der Waals surface area contributed by atoms with E-state index in [-0.39, 0.29) is 0 Å². The summed E-state index contributed by atoms with van der Waals surface area (Å²) in [6.07, 6.45) is 17.1. The highest BCUT2D eigenvalue weighted by molar-refractivity contribution is 4.94. The van der Waals surface area contributed by atoms with Gasteiger partial charge < -0.3 is 4.90 Å². The molecule has 2 aliphatic rings. The van der Waals surface area contributed by atoms with Gasteiger partial charge in [-0.3, -0.25) is 0 Å². The van der Waals surface area contributed by atoms with E-state index in [0.717, 1.165) is 23.9 Å². The van der Waals surface area contributed by atoms with Crippen LogP contribution in [0, 0.1) is 22.7 Å². The number of hydrogen-bond acceptors (Lipinski definition) is 1. The number of likely N-dealkylation sites (tertiary alicyclic amines) is 1. The fraction of sp³-hybridized carbons (Fsp3) is 1.00. The largest absolute Gasteiger partial charge is 0.300 e. The van der Waals surface area contributed by atoms with Gasteiger partial charge in [0.1, 0.15) is 0 Å². The molecule has 0 radical (unpaired) electrons. The molecule has 4 atom stereocenters. The van der Waals surface area contributed by atoms with Crippen LogP contribution in [0.1, 0.15) is 119 Å². The van der Waals surface area contributed by atoms with Gasteiger partial charge in [0.25, 0.3) is 0 Å². The smallest absolute Gasteiger partial charge is 0.0126 e. The Hall–Kier alpha value is -0.0400. The highest BCUT2D eigenvalue weighted by Gasteiger charge is 2.40. The Morgan fingerprint density at radius 2 is 1.77 bits per heavy atom. The van der Waals surface area contributed by atoms with E-state index in [0.29, 0.717) is 10.8 Å². The molecule has 1 saturated carbocycles. The summed E-state index contributed by atoms with van der Waals surface area (Å²) in [5.74, 6) is 1.93. The van der Waals surface area contributed by atoms with Gasteiger partial charge in [-0.2, -0.15) is 0 Å². The zero-order chi connectivity index (χ0) is 19.4. The van der Waals surface area contributed by atoms with Crippen LogP contribution in [0.5, 0.6) is 0 Å². The molecule has 2 fully saturated rings. The number of piperidine rings is 1. The molecule has 1 heterocycles. The molecule has 1 aliphatic heterocycles. The molecule has 1 aliphatic carbocycles. The third kappa shape index (κ3) is 5.98. The lowest BCUT2D eigenvalue weighted by molar-refractivity contribution is 0.00546. The van der Waals surface area contributed by atoms with Crippen molar-refractivity contribution in [1.29, 1.82) is 0 Å². The van der Waals surface area contributed by atoms with Crippen LogP contribution < -0.4 is 0 Å². The van der Waals surface area contributed by atoms with Crippen LogP contribution in [-0.2, 0) is 0 Å². The lowest BCUT2D eigenvalue weighted by Crippen LogP contribution is -2.52. The molecule has 1 saturated heterocycles. The van der Waals surface area contributed by atoms with Crippen molar-refractivity contribution in [2.75, 3.05) is 7.05 Å². The summed E-state index contributed by atoms with van der Waals surface area (Å²) in [5, 5.41) is 0. The summed E-state index contributed by atoms with van der Waals surface area (Å²) in [4.78, 5) is 2.84. The van der Waals surface area contributed by atoms with Gasteiger partial charge in [-0.15, -0.1) is 0 Å². The molecule has 0 N–H and O–H groups in total. The summed E-state index contributed by atoms with van der Waals surface area (Å²) < 4.78 is 0. The molecular formula is C25H49N. The second-order valence-corrected chi connectivity index (χ2v) is 11.3. The van der Waals surface area contributed by atoms with E-state index in [1.165, 1.54) is 77.0 Å². The fourth-order valence-electron chi connectivity index (χ4n) is 5.91. The van der Waals surface area contributed by atoms with Crippen molar-refractivity contribution in [1.82, 2.24) is 4.90 Å². The lowest BCUT2D eigenvalue weighted by atomic mass is 9.71. The van der Waals surface area contributed by atoms with Crippen molar-refractivity contribution in [2.24, 2.45) is 22.7 Å². The average Bonchev–Trinajstić information content (AvgIpc) is 2.65. The minimum Gasteiger partial charge on any atom is -0.300 e. The molecule has 0 spiro atoms. The van der Waals surface area contributed by atoms with Gasteiger partial charge in [0.15, 0.2) is 0 Å². The molecule has 0 aromatic carbocycles. The number of nitrogens with zero attached hydrogens (tertiary/aromatic N) is 1. The molecule has 2 bridgehead atoms. The Kier molecular flexibility index (Phi) is 8.08. The molecular weight excluding hydrogens is 314 g/mol. The Morgan fingerprint density at radius 3 is 2.42 bits per heavy atom. The first-order valence-corrected chi connectivity index (χ1v) is 11.9. The van der Waals surface area contributed by atoms with Crippen molar-refractivity contribution < 1.29 is 0 Å². The Morgan fingerprint density at radius 1 is 1.04 bits per heavy atom. The highest BCUT2D eigenvalue weighted by atomic mass is 15.2. The Balaban J connectivity index is 2.00. The van der Waals surface area contributed by atoms with E-state index in [4.69, 9.17) is 0 Å². The zero-order valence-electron chi connectivity index (χ0n) is 19.2. The maximum atomic E-state index is 2.84. The molecule has 2 rings (SSSR count). The average molecular weight is 364 g/mol. The third-order valence-electron chi connectivity index (χ3n) is 8.39. The maximum Gasteiger partial charge on any atom is 0.0126 e. The van der Waals surface area contributed by atoms with Crippen LogP contribution in [0.4, 0.5) is 0 Å². The second-order valence-electron chi connectivity index (χ2n) is 11.3. The minimum atomic E-state index is 0.540. The molecule has 1 heteroatoms. The van der Waals surface area contributed by atoms with Gasteiger partial charge in [0.2, 0.25) is 0 Å². The van der Waals surface area contributed by atoms with Gasteiger partial charge in [-0.25, -0.2) is 0 Å². The molecule has 0 aromatic rings. The van der Waals surface area contributed by atoms with Crippen molar-refractivity contribution in [2.45, 2.75) is 131 Å². The number of unbranched alkanes of at least 4 members (excludes halogenated alkanes) is 1. The van der Waals surface area contributed by atoms with E-state index >= 15 is 0 Å². The minimum absolute atomic E-state index is 0.540. The second kappa shape index (κ2) is 9.44. The van der Waals surface area contributed by atoms with Crippen molar-refractivity contribution in [3.63, 3.8) is 0 Å². The summed E-state index contributed by atoms with van der Waals surface area (Å²) in [7, 11) is 2.47. The maximum absolute atomic E-state index is 2.84. The van der Waals surface area contributed by atoms with E-state index in [1.54, 1.807) is 0 Å². The van der Waals surface area contributed by atoms with Gasteiger partial charge in [-0.1, -0.05) is 80.1 Å². The Bertz CT molecular complexity index is 410. The summed E-state index contributed by atoms with van der Waals surface area (Å²) in [6.45, 7) is 14.7. The van der Waals surface area contributed by atoms with Gasteiger partial charge in [-0.05, 0) is 68.2 Å². The SMILES string of the molecule is CC[C@@H]1C2CCCC(C)(C)CCC(C2)N(C)C1CCCCC(C)(C)CC. The molecule has 26 heavy (non-hydrogen) atoms. The Labute approximate surface area is 165 Å². The van der Waals surface area contributed by atoms with Crippen LogP contribution in [0.25, 0.3) is 0 Å². The van der Waals surface area contributed by atoms with Gasteiger partial charge >= 0.3 is 0 Å². The summed E-state index contributed by atoms with van der Waals surface area (Å²) in [6, 6.07) is 1.69. The van der Waals surface area contributed by atoms with Crippen LogP contribution >= 0.6 is 0 Å². The quantitative estimate of drug-likeness (QED) is 0.419. The first-order chi connectivity index (χ1) is 12.2. The van der Waals surface area contributed by atoms with Crippen molar-refractivity contribution in [3.05, 3.63) is 0 Å². The summed E-state index contributed by atoms with van der Waals surface area (Å²) in [5.41, 5.74) is 1.10. The third-order valence-corrected chi connectivity index (χ3v) is 8.39. The van der Waals surface area contributed by atoms with Crippen LogP contribution in [0.2, 0.25) is 0 Å². The lowest BCUT2D eigenvalue weighted by Gasteiger charge is -2.49. The number of hydrogen-bond donors (Lipinski definition) is 0. The van der Waals surface area contributed by atoms with Gasteiger partial charge in [0.05, 0.1) is 0 Å². The van der Waals surface area contributed by atoms with E-state index in [1.807, 2.05) is 0 Å². The van der Waals surface area contributed by atoms with E-state index in [2.05, 4.69) is 53.5 Å². The molecule has 1 nitrogen and oxygen atoms in total. The van der Waals surface area contributed by atoms with Crippen molar-refractivity contribution >= 4 is 0 Å². The normalized spacial score (nSPS) is 33.3.